The topological polar surface area (TPSA) is 12.0 Å². The lowest BCUT2D eigenvalue weighted by molar-refractivity contribution is 1.51. The zero-order chi connectivity index (χ0) is 33.3. The number of hydrogen-bond acceptors (Lipinski definition) is 1. The van der Waals surface area contributed by atoms with Crippen molar-refractivity contribution in [3.63, 3.8) is 0 Å². The Balaban J connectivity index is 1.31. The van der Waals surface area contributed by atoms with Crippen molar-refractivity contribution < 1.29 is 0 Å². The quantitative estimate of drug-likeness (QED) is 0.190. The van der Waals surface area contributed by atoms with Crippen LogP contribution >= 0.6 is 0 Å². The van der Waals surface area contributed by atoms with E-state index in [1.54, 1.807) is 0 Å². The van der Waals surface area contributed by atoms with Crippen LogP contribution in [0.4, 0.5) is 11.4 Å². The third-order valence-corrected chi connectivity index (χ3v) is 9.91. The van der Waals surface area contributed by atoms with Crippen molar-refractivity contribution in [3.05, 3.63) is 194 Å². The molecule has 8 aromatic rings. The second-order valence-corrected chi connectivity index (χ2v) is 13.0. The molecule has 0 fully saturated rings. The third kappa shape index (κ3) is 5.72. The minimum atomic E-state index is 0.788. The van der Waals surface area contributed by atoms with Gasteiger partial charge in [0.1, 0.15) is 0 Å². The van der Waals surface area contributed by atoms with Crippen LogP contribution in [0.15, 0.2) is 194 Å². The second kappa shape index (κ2) is 12.9. The summed E-state index contributed by atoms with van der Waals surface area (Å²) in [5, 5.41) is 3.94. The van der Waals surface area contributed by atoms with Crippen LogP contribution in [0.3, 0.4) is 0 Å². The van der Waals surface area contributed by atoms with Crippen LogP contribution in [0.25, 0.3) is 66.8 Å². The van der Waals surface area contributed by atoms with E-state index in [-0.39, 0.29) is 0 Å². The van der Waals surface area contributed by atoms with Crippen molar-refractivity contribution in [1.29, 1.82) is 0 Å². The van der Waals surface area contributed by atoms with Gasteiger partial charge >= 0.3 is 0 Å². The fraction of sp³-hybridized carbons (Fsp3) is 0. The minimum Gasteiger partial charge on any atom is -0.355 e. The molecular weight excluding hydrogens is 601 g/mol. The van der Waals surface area contributed by atoms with Gasteiger partial charge in [-0.05, 0) is 79.9 Å². The first kappa shape index (κ1) is 29.7. The summed E-state index contributed by atoms with van der Waals surface area (Å²) in [5.41, 5.74) is 19.4. The van der Waals surface area contributed by atoms with Gasteiger partial charge in [0.25, 0.3) is 0 Å². The first-order valence-electron chi connectivity index (χ1n) is 17.3. The number of rotatable bonds is 4. The lowest BCUT2D eigenvalue weighted by Gasteiger charge is -2.24. The Morgan fingerprint density at radius 2 is 0.580 bits per heavy atom. The molecule has 0 atom stereocenters. The van der Waals surface area contributed by atoms with Gasteiger partial charge in [-0.15, -0.1) is 0 Å². The van der Waals surface area contributed by atoms with E-state index in [0.29, 0.717) is 0 Å². The van der Waals surface area contributed by atoms with E-state index in [1.165, 1.54) is 77.7 Å². The SMILES string of the molecule is B1c2cc(-c3ccccc3)ccc2-c2cc(-c3ccccc3)ccc2Nc2ccc(-c3ccccc3)cc2-c2ccc(-c3ccccc3)cc21. The van der Waals surface area contributed by atoms with Gasteiger partial charge in [0, 0.05) is 22.5 Å². The summed E-state index contributed by atoms with van der Waals surface area (Å²) in [6, 6.07) is 70.6. The lowest BCUT2D eigenvalue weighted by atomic mass is 9.58. The molecular formula is C48H34BN. The van der Waals surface area contributed by atoms with Crippen LogP contribution in [0, 0.1) is 0 Å². The maximum Gasteiger partial charge on any atom is 0.193 e. The Kier molecular flexibility index (Phi) is 7.68. The Morgan fingerprint density at radius 3 is 0.940 bits per heavy atom. The standard InChI is InChI=1S/C48H34BN/c1-5-13-33(14-6-1)37-23-27-47-43(29-37)41-25-21-39(35-17-9-3-10-18-35)31-45(41)49-46-32-40(36-19-11-4-12-20-36)22-26-42(46)44-30-38(24-28-48(44)50-47)34-15-7-2-8-16-34/h1-32,49-50H. The average Bonchev–Trinajstić information content (AvgIpc) is 3.19. The smallest absolute Gasteiger partial charge is 0.193 e. The van der Waals surface area contributed by atoms with Crippen molar-refractivity contribution in [1.82, 2.24) is 0 Å². The van der Waals surface area contributed by atoms with Crippen molar-refractivity contribution >= 4 is 29.6 Å². The molecule has 0 unspecified atom stereocenters. The summed E-state index contributed by atoms with van der Waals surface area (Å²) < 4.78 is 0. The number of anilines is 2. The summed E-state index contributed by atoms with van der Waals surface area (Å²) in [4.78, 5) is 0. The second-order valence-electron chi connectivity index (χ2n) is 13.0. The Bertz CT molecular complexity index is 2280. The van der Waals surface area contributed by atoms with Crippen LogP contribution in [0.1, 0.15) is 0 Å². The molecule has 0 radical (unpaired) electrons. The fourth-order valence-electron chi connectivity index (χ4n) is 7.35. The molecule has 50 heavy (non-hydrogen) atoms. The van der Waals surface area contributed by atoms with Crippen LogP contribution in [0.2, 0.25) is 0 Å². The molecule has 1 aliphatic heterocycles. The molecule has 1 aliphatic rings. The molecule has 0 aliphatic carbocycles. The Morgan fingerprint density at radius 1 is 0.260 bits per heavy atom. The van der Waals surface area contributed by atoms with E-state index >= 15 is 0 Å². The molecule has 0 aromatic heterocycles. The molecule has 0 bridgehead atoms. The predicted octanol–water partition coefficient (Wildman–Crippen LogP) is 11.1. The highest BCUT2D eigenvalue weighted by Gasteiger charge is 2.21. The normalized spacial score (nSPS) is 11.5. The number of fused-ring (bicyclic) bond motifs is 6. The van der Waals surface area contributed by atoms with Crippen molar-refractivity contribution in [2.24, 2.45) is 0 Å². The first-order chi connectivity index (χ1) is 24.8. The molecule has 8 aromatic carbocycles. The van der Waals surface area contributed by atoms with Gasteiger partial charge in [-0.25, -0.2) is 0 Å². The first-order valence-corrected chi connectivity index (χ1v) is 17.3. The van der Waals surface area contributed by atoms with Gasteiger partial charge in [0.2, 0.25) is 0 Å². The number of benzene rings is 8. The Hall–Kier alpha value is -6.38. The molecule has 0 saturated heterocycles. The van der Waals surface area contributed by atoms with E-state index < -0.39 is 0 Å². The van der Waals surface area contributed by atoms with Crippen LogP contribution in [0.5, 0.6) is 0 Å². The summed E-state index contributed by atoms with van der Waals surface area (Å²) in [5.74, 6) is 0. The van der Waals surface area contributed by atoms with E-state index in [0.717, 1.165) is 18.7 Å². The summed E-state index contributed by atoms with van der Waals surface area (Å²) >= 11 is 0. The maximum atomic E-state index is 3.94. The molecule has 0 spiro atoms. The molecule has 0 saturated carbocycles. The van der Waals surface area contributed by atoms with E-state index in [9.17, 15) is 0 Å². The van der Waals surface area contributed by atoms with Crippen molar-refractivity contribution in [3.8, 4) is 66.8 Å². The summed E-state index contributed by atoms with van der Waals surface area (Å²) in [6.07, 6.45) is 0. The fourth-order valence-corrected chi connectivity index (χ4v) is 7.35. The molecule has 234 valence electrons. The zero-order valence-corrected chi connectivity index (χ0v) is 27.7. The molecule has 1 heterocycles. The van der Waals surface area contributed by atoms with E-state index in [2.05, 4.69) is 199 Å². The van der Waals surface area contributed by atoms with Gasteiger partial charge in [-0.2, -0.15) is 0 Å². The maximum absolute atomic E-state index is 3.94. The van der Waals surface area contributed by atoms with Crippen molar-refractivity contribution in [2.75, 3.05) is 5.32 Å². The van der Waals surface area contributed by atoms with Gasteiger partial charge in [0.15, 0.2) is 7.28 Å². The van der Waals surface area contributed by atoms with Gasteiger partial charge < -0.3 is 5.32 Å². The minimum absolute atomic E-state index is 0.788. The summed E-state index contributed by atoms with van der Waals surface area (Å²) in [6.45, 7) is 0. The highest BCUT2D eigenvalue weighted by Crippen LogP contribution is 2.40. The zero-order valence-electron chi connectivity index (χ0n) is 27.7. The molecule has 9 rings (SSSR count). The number of hydrogen-bond donors (Lipinski definition) is 1. The van der Waals surface area contributed by atoms with E-state index in [4.69, 9.17) is 0 Å². The highest BCUT2D eigenvalue weighted by atomic mass is 14.9. The molecule has 1 N–H and O–H groups in total. The lowest BCUT2D eigenvalue weighted by Crippen LogP contribution is -2.31. The van der Waals surface area contributed by atoms with Crippen LogP contribution in [-0.2, 0) is 0 Å². The van der Waals surface area contributed by atoms with Crippen molar-refractivity contribution in [2.45, 2.75) is 0 Å². The third-order valence-electron chi connectivity index (χ3n) is 9.91. The number of nitrogens with one attached hydrogen (secondary N) is 1. The predicted molar refractivity (Wildman–Crippen MR) is 215 cm³/mol. The summed E-state index contributed by atoms with van der Waals surface area (Å²) in [7, 11) is 0.788. The molecule has 2 heteroatoms. The molecule has 0 amide bonds. The van der Waals surface area contributed by atoms with Gasteiger partial charge in [-0.3, -0.25) is 0 Å². The van der Waals surface area contributed by atoms with Crippen LogP contribution < -0.4 is 16.2 Å². The monoisotopic (exact) mass is 635 g/mol. The van der Waals surface area contributed by atoms with Crippen LogP contribution in [-0.4, -0.2) is 7.28 Å². The largest absolute Gasteiger partial charge is 0.355 e. The van der Waals surface area contributed by atoms with E-state index in [1.807, 2.05) is 0 Å². The highest BCUT2D eigenvalue weighted by molar-refractivity contribution is 6.70. The average molecular weight is 636 g/mol. The Labute approximate surface area is 294 Å². The van der Waals surface area contributed by atoms with Gasteiger partial charge in [-0.1, -0.05) is 181 Å². The molecule has 1 nitrogen and oxygen atoms in total. The van der Waals surface area contributed by atoms with Gasteiger partial charge in [0.05, 0.1) is 0 Å².